The fourth-order valence-corrected chi connectivity index (χ4v) is 3.89. The van der Waals surface area contributed by atoms with Crippen LogP contribution >= 0.6 is 11.8 Å². The minimum atomic E-state index is -0.366. The van der Waals surface area contributed by atoms with Gasteiger partial charge < -0.3 is 24.1 Å². The van der Waals surface area contributed by atoms with Gasteiger partial charge in [0.1, 0.15) is 5.75 Å². The monoisotopic (exact) mass is 442 g/mol. The molecule has 0 saturated carbocycles. The quantitative estimate of drug-likeness (QED) is 0.499. The van der Waals surface area contributed by atoms with Crippen LogP contribution in [0.5, 0.6) is 17.2 Å². The van der Waals surface area contributed by atoms with Crippen LogP contribution in [-0.2, 0) is 11.3 Å². The van der Waals surface area contributed by atoms with Gasteiger partial charge in [0.05, 0.1) is 26.6 Å². The van der Waals surface area contributed by atoms with Crippen molar-refractivity contribution in [3.05, 3.63) is 42.5 Å². The van der Waals surface area contributed by atoms with Crippen molar-refractivity contribution in [1.82, 2.24) is 14.8 Å². The minimum absolute atomic E-state index is 0.117. The lowest BCUT2D eigenvalue weighted by atomic mass is 10.2. The van der Waals surface area contributed by atoms with Crippen LogP contribution in [-0.4, -0.2) is 47.3 Å². The molecule has 2 aromatic carbocycles. The van der Waals surface area contributed by atoms with Gasteiger partial charge in [0.25, 0.3) is 0 Å². The first-order valence-corrected chi connectivity index (χ1v) is 10.7. The van der Waals surface area contributed by atoms with Crippen LogP contribution in [0.1, 0.15) is 13.8 Å². The molecule has 164 valence electrons. The maximum Gasteiger partial charge on any atom is 0.237 e. The lowest BCUT2D eigenvalue weighted by molar-refractivity contribution is -0.115. The Morgan fingerprint density at radius 1 is 1.03 bits per heavy atom. The number of amides is 1. The van der Waals surface area contributed by atoms with E-state index in [1.165, 1.54) is 11.8 Å². The maximum absolute atomic E-state index is 12.7. The zero-order valence-corrected chi connectivity index (χ0v) is 19.0. The second-order valence-electron chi connectivity index (χ2n) is 6.60. The van der Waals surface area contributed by atoms with E-state index in [2.05, 4.69) is 15.5 Å². The van der Waals surface area contributed by atoms with E-state index in [4.69, 9.17) is 14.2 Å². The Labute approximate surface area is 185 Å². The van der Waals surface area contributed by atoms with Crippen LogP contribution in [0.3, 0.4) is 0 Å². The molecule has 0 aliphatic carbocycles. The number of nitrogens with zero attached hydrogens (tertiary/aromatic N) is 3. The van der Waals surface area contributed by atoms with Gasteiger partial charge in [0.15, 0.2) is 22.5 Å². The number of thioether (sulfide) groups is 1. The molecule has 1 aromatic heterocycles. The van der Waals surface area contributed by atoms with E-state index in [0.29, 0.717) is 34.7 Å². The van der Waals surface area contributed by atoms with Crippen molar-refractivity contribution < 1.29 is 19.0 Å². The molecule has 0 radical (unpaired) electrons. The van der Waals surface area contributed by atoms with Crippen molar-refractivity contribution in [2.45, 2.75) is 30.8 Å². The molecule has 0 unspecified atom stereocenters. The van der Waals surface area contributed by atoms with Gasteiger partial charge in [-0.05, 0) is 56.3 Å². The van der Waals surface area contributed by atoms with E-state index in [0.717, 1.165) is 11.3 Å². The van der Waals surface area contributed by atoms with Crippen LogP contribution in [0.4, 0.5) is 5.69 Å². The molecular weight excluding hydrogens is 416 g/mol. The van der Waals surface area contributed by atoms with Gasteiger partial charge in [0, 0.05) is 17.8 Å². The van der Waals surface area contributed by atoms with Gasteiger partial charge in [-0.1, -0.05) is 11.8 Å². The van der Waals surface area contributed by atoms with E-state index in [9.17, 15) is 4.79 Å². The first kappa shape index (κ1) is 22.5. The Morgan fingerprint density at radius 3 is 2.35 bits per heavy atom. The van der Waals surface area contributed by atoms with Crippen molar-refractivity contribution in [3.8, 4) is 28.6 Å². The zero-order valence-electron chi connectivity index (χ0n) is 18.2. The highest BCUT2D eigenvalue weighted by Crippen LogP contribution is 2.33. The van der Waals surface area contributed by atoms with Gasteiger partial charge >= 0.3 is 0 Å². The maximum atomic E-state index is 12.7. The van der Waals surface area contributed by atoms with Crippen molar-refractivity contribution in [2.75, 3.05) is 26.6 Å². The highest BCUT2D eigenvalue weighted by molar-refractivity contribution is 8.00. The topological polar surface area (TPSA) is 87.5 Å². The predicted molar refractivity (Wildman–Crippen MR) is 121 cm³/mol. The summed E-state index contributed by atoms with van der Waals surface area (Å²) in [6.45, 7) is 4.51. The van der Waals surface area contributed by atoms with Crippen LogP contribution < -0.4 is 19.5 Å². The number of carbonyl (C=O) groups is 1. The molecule has 0 bridgehead atoms. The van der Waals surface area contributed by atoms with Gasteiger partial charge in [-0.25, -0.2) is 0 Å². The standard InChI is InChI=1S/C22H26N4O4S/c1-6-26-20(15-7-12-18(29-4)19(13-15)30-5)24-25-22(26)31-14(2)21(27)23-16-8-10-17(28-3)11-9-16/h7-14H,6H2,1-5H3,(H,23,27)/t14-/m1/s1. The van der Waals surface area contributed by atoms with Crippen LogP contribution in [0.25, 0.3) is 11.4 Å². The number of nitrogens with one attached hydrogen (secondary N) is 1. The Kier molecular flexibility index (Phi) is 7.41. The molecule has 0 saturated heterocycles. The van der Waals surface area contributed by atoms with E-state index < -0.39 is 0 Å². The lowest BCUT2D eigenvalue weighted by Gasteiger charge is -2.13. The number of aromatic nitrogens is 3. The molecule has 1 N–H and O–H groups in total. The Hall–Kier alpha value is -3.20. The molecule has 3 rings (SSSR count). The largest absolute Gasteiger partial charge is 0.497 e. The lowest BCUT2D eigenvalue weighted by Crippen LogP contribution is -2.22. The summed E-state index contributed by atoms with van der Waals surface area (Å²) in [6, 6.07) is 12.8. The van der Waals surface area contributed by atoms with Crippen molar-refractivity contribution in [2.24, 2.45) is 0 Å². The molecule has 31 heavy (non-hydrogen) atoms. The SMILES string of the molecule is CCn1c(S[C@H](C)C(=O)Nc2ccc(OC)cc2)nnc1-c1ccc(OC)c(OC)c1. The van der Waals surface area contributed by atoms with E-state index in [1.807, 2.05) is 36.6 Å². The number of rotatable bonds is 9. The molecule has 9 heteroatoms. The van der Waals surface area contributed by atoms with E-state index >= 15 is 0 Å². The summed E-state index contributed by atoms with van der Waals surface area (Å²) in [7, 11) is 4.79. The zero-order chi connectivity index (χ0) is 22.4. The Bertz CT molecular complexity index is 1040. The van der Waals surface area contributed by atoms with E-state index in [1.54, 1.807) is 45.6 Å². The summed E-state index contributed by atoms with van der Waals surface area (Å²) in [5.74, 6) is 2.58. The molecule has 0 spiro atoms. The van der Waals surface area contributed by atoms with Gasteiger partial charge in [0.2, 0.25) is 5.91 Å². The number of carbonyl (C=O) groups excluding carboxylic acids is 1. The molecule has 1 atom stereocenters. The van der Waals surface area contributed by atoms with Gasteiger partial charge in [-0.2, -0.15) is 0 Å². The molecule has 3 aromatic rings. The van der Waals surface area contributed by atoms with Crippen LogP contribution in [0.15, 0.2) is 47.6 Å². The second kappa shape index (κ2) is 10.2. The highest BCUT2D eigenvalue weighted by atomic mass is 32.2. The number of benzene rings is 2. The summed E-state index contributed by atoms with van der Waals surface area (Å²) < 4.78 is 17.8. The molecule has 1 heterocycles. The summed E-state index contributed by atoms with van der Waals surface area (Å²) in [5, 5.41) is 11.9. The minimum Gasteiger partial charge on any atom is -0.497 e. The summed E-state index contributed by atoms with van der Waals surface area (Å²) in [4.78, 5) is 12.7. The van der Waals surface area contributed by atoms with Crippen LogP contribution in [0.2, 0.25) is 0 Å². The average molecular weight is 443 g/mol. The third kappa shape index (κ3) is 5.11. The Morgan fingerprint density at radius 2 is 1.74 bits per heavy atom. The first-order valence-electron chi connectivity index (χ1n) is 9.77. The number of ether oxygens (including phenoxy) is 3. The number of hydrogen-bond acceptors (Lipinski definition) is 7. The fourth-order valence-electron chi connectivity index (χ4n) is 2.98. The number of anilines is 1. The van der Waals surface area contributed by atoms with E-state index in [-0.39, 0.29) is 11.2 Å². The third-order valence-electron chi connectivity index (χ3n) is 4.68. The summed E-state index contributed by atoms with van der Waals surface area (Å²) in [6.07, 6.45) is 0. The first-order chi connectivity index (χ1) is 15.0. The average Bonchev–Trinajstić information content (AvgIpc) is 3.21. The van der Waals surface area contributed by atoms with Crippen molar-refractivity contribution in [3.63, 3.8) is 0 Å². The Balaban J connectivity index is 1.76. The molecule has 0 fully saturated rings. The molecular formula is C22H26N4O4S. The van der Waals surface area contributed by atoms with Gasteiger partial charge in [-0.3, -0.25) is 4.79 Å². The summed E-state index contributed by atoms with van der Waals surface area (Å²) >= 11 is 1.36. The van der Waals surface area contributed by atoms with Crippen molar-refractivity contribution >= 4 is 23.4 Å². The molecule has 8 nitrogen and oxygen atoms in total. The summed E-state index contributed by atoms with van der Waals surface area (Å²) in [5.41, 5.74) is 1.57. The normalized spacial score (nSPS) is 11.6. The number of hydrogen-bond donors (Lipinski definition) is 1. The van der Waals surface area contributed by atoms with Crippen molar-refractivity contribution in [1.29, 1.82) is 0 Å². The predicted octanol–water partition coefficient (Wildman–Crippen LogP) is 4.11. The number of methoxy groups -OCH3 is 3. The smallest absolute Gasteiger partial charge is 0.237 e. The van der Waals surface area contributed by atoms with Gasteiger partial charge in [-0.15, -0.1) is 10.2 Å². The molecule has 0 aliphatic rings. The highest BCUT2D eigenvalue weighted by Gasteiger charge is 2.21. The molecule has 1 amide bonds. The van der Waals surface area contributed by atoms with Crippen LogP contribution in [0, 0.1) is 0 Å². The fraction of sp³-hybridized carbons (Fsp3) is 0.318. The molecule has 0 aliphatic heterocycles. The third-order valence-corrected chi connectivity index (χ3v) is 5.76. The second-order valence-corrected chi connectivity index (χ2v) is 7.91.